The summed E-state index contributed by atoms with van der Waals surface area (Å²) in [7, 11) is -5.35. The minimum Gasteiger partial charge on any atom is -0.263 e. The first kappa shape index (κ1) is 14.8. The van der Waals surface area contributed by atoms with Gasteiger partial charge in [-0.05, 0) is 12.5 Å². The van der Waals surface area contributed by atoms with Gasteiger partial charge in [-0.3, -0.25) is 4.68 Å². The lowest BCUT2D eigenvalue weighted by Crippen LogP contribution is -2.65. The highest BCUT2D eigenvalue weighted by molar-refractivity contribution is 7.90. The number of aryl methyl sites for hydroxylation is 1. The SMILES string of the molecule is Cc1cnn(C2(CC#N)CN(S(=O)(=O)C(F)(F)F)C2)c1. The van der Waals surface area contributed by atoms with E-state index in [1.807, 2.05) is 6.07 Å². The van der Waals surface area contributed by atoms with Crippen LogP contribution >= 0.6 is 0 Å². The second kappa shape index (κ2) is 4.46. The van der Waals surface area contributed by atoms with Crippen LogP contribution in [0.2, 0.25) is 0 Å². The third-order valence-corrected chi connectivity index (χ3v) is 4.70. The van der Waals surface area contributed by atoms with E-state index in [1.54, 1.807) is 13.1 Å². The van der Waals surface area contributed by atoms with Gasteiger partial charge < -0.3 is 0 Å². The monoisotopic (exact) mass is 308 g/mol. The Hall–Kier alpha value is -1.60. The Labute approximate surface area is 113 Å². The fraction of sp³-hybridized carbons (Fsp3) is 0.600. The molecule has 20 heavy (non-hydrogen) atoms. The van der Waals surface area contributed by atoms with Gasteiger partial charge in [-0.2, -0.15) is 27.8 Å². The molecule has 1 aromatic rings. The molecule has 0 spiro atoms. The molecule has 1 fully saturated rings. The van der Waals surface area contributed by atoms with Gasteiger partial charge in [-0.25, -0.2) is 8.42 Å². The van der Waals surface area contributed by atoms with Crippen LogP contribution < -0.4 is 0 Å². The largest absolute Gasteiger partial charge is 0.511 e. The van der Waals surface area contributed by atoms with E-state index in [2.05, 4.69) is 5.10 Å². The summed E-state index contributed by atoms with van der Waals surface area (Å²) in [5, 5.41) is 12.8. The van der Waals surface area contributed by atoms with Crippen molar-refractivity contribution in [2.75, 3.05) is 13.1 Å². The summed E-state index contributed by atoms with van der Waals surface area (Å²) in [5.41, 5.74) is -5.58. The molecule has 1 aliphatic rings. The first-order valence-electron chi connectivity index (χ1n) is 5.57. The zero-order valence-electron chi connectivity index (χ0n) is 10.4. The first-order chi connectivity index (χ1) is 9.12. The lowest BCUT2D eigenvalue weighted by molar-refractivity contribution is -0.0565. The van der Waals surface area contributed by atoms with Gasteiger partial charge in [0.25, 0.3) is 0 Å². The van der Waals surface area contributed by atoms with Crippen LogP contribution in [0.15, 0.2) is 12.4 Å². The third-order valence-electron chi connectivity index (χ3n) is 3.18. The van der Waals surface area contributed by atoms with Crippen molar-refractivity contribution >= 4 is 10.0 Å². The smallest absolute Gasteiger partial charge is 0.263 e. The van der Waals surface area contributed by atoms with Crippen molar-refractivity contribution in [3.63, 3.8) is 0 Å². The van der Waals surface area contributed by atoms with Crippen molar-refractivity contribution in [2.45, 2.75) is 24.4 Å². The molecule has 0 aromatic carbocycles. The summed E-state index contributed by atoms with van der Waals surface area (Å²) < 4.78 is 61.5. The van der Waals surface area contributed by atoms with E-state index in [4.69, 9.17) is 5.26 Å². The van der Waals surface area contributed by atoms with E-state index in [1.165, 1.54) is 10.9 Å². The van der Waals surface area contributed by atoms with Crippen LogP contribution in [0.3, 0.4) is 0 Å². The zero-order valence-corrected chi connectivity index (χ0v) is 11.2. The topological polar surface area (TPSA) is 79.0 Å². The standard InChI is InChI=1S/C10H11F3N4O2S/c1-8-4-15-17(5-8)9(2-3-14)6-16(7-9)20(18,19)10(11,12)13/h4-5H,2,6-7H2,1H3. The molecule has 0 N–H and O–H groups in total. The number of alkyl halides is 3. The lowest BCUT2D eigenvalue weighted by atomic mass is 9.89. The summed E-state index contributed by atoms with van der Waals surface area (Å²) in [6.45, 7) is 0.916. The van der Waals surface area contributed by atoms with E-state index in [0.29, 0.717) is 4.31 Å². The van der Waals surface area contributed by atoms with E-state index < -0.39 is 34.2 Å². The van der Waals surface area contributed by atoms with Gasteiger partial charge >= 0.3 is 15.5 Å². The molecular weight excluding hydrogens is 297 g/mol. The molecule has 0 aliphatic carbocycles. The number of rotatable bonds is 3. The maximum absolute atomic E-state index is 12.4. The van der Waals surface area contributed by atoms with Gasteiger partial charge in [-0.15, -0.1) is 0 Å². The first-order valence-corrected chi connectivity index (χ1v) is 7.01. The van der Waals surface area contributed by atoms with Crippen LogP contribution in [0.1, 0.15) is 12.0 Å². The number of aromatic nitrogens is 2. The fourth-order valence-corrected chi connectivity index (χ4v) is 3.20. The second-order valence-corrected chi connectivity index (χ2v) is 6.67. The number of hydrogen-bond donors (Lipinski definition) is 0. The highest BCUT2D eigenvalue weighted by Gasteiger charge is 2.58. The van der Waals surface area contributed by atoms with Crippen molar-refractivity contribution in [2.24, 2.45) is 0 Å². The molecule has 0 unspecified atom stereocenters. The second-order valence-electron chi connectivity index (χ2n) is 4.74. The molecule has 0 bridgehead atoms. The molecule has 110 valence electrons. The molecule has 0 amide bonds. The Bertz CT molecular complexity index is 653. The average Bonchev–Trinajstić information content (AvgIpc) is 2.68. The molecule has 2 heterocycles. The predicted octanol–water partition coefficient (Wildman–Crippen LogP) is 0.966. The number of hydrogen-bond acceptors (Lipinski definition) is 4. The Kier molecular flexibility index (Phi) is 3.30. The Morgan fingerprint density at radius 2 is 2.10 bits per heavy atom. The highest BCUT2D eigenvalue weighted by atomic mass is 32.2. The molecule has 0 saturated carbocycles. The molecule has 10 heteroatoms. The summed E-state index contributed by atoms with van der Waals surface area (Å²) in [6.07, 6.45) is 2.97. The minimum atomic E-state index is -5.35. The molecule has 1 aromatic heterocycles. The van der Waals surface area contributed by atoms with Crippen molar-refractivity contribution in [1.29, 1.82) is 5.26 Å². The Balaban J connectivity index is 2.26. The molecule has 0 radical (unpaired) electrons. The van der Waals surface area contributed by atoms with Crippen molar-refractivity contribution in [3.8, 4) is 6.07 Å². The Morgan fingerprint density at radius 1 is 1.50 bits per heavy atom. The molecule has 0 atom stereocenters. The third kappa shape index (κ3) is 2.16. The average molecular weight is 308 g/mol. The highest BCUT2D eigenvalue weighted by Crippen LogP contribution is 2.38. The summed E-state index contributed by atoms with van der Waals surface area (Å²) in [4.78, 5) is 0. The van der Waals surface area contributed by atoms with Crippen LogP contribution in [0.25, 0.3) is 0 Å². The summed E-state index contributed by atoms with van der Waals surface area (Å²) >= 11 is 0. The molecule has 1 saturated heterocycles. The van der Waals surface area contributed by atoms with Crippen molar-refractivity contribution in [1.82, 2.24) is 14.1 Å². The summed E-state index contributed by atoms with van der Waals surface area (Å²) in [6, 6.07) is 1.87. The van der Waals surface area contributed by atoms with E-state index >= 15 is 0 Å². The molecular formula is C10H11F3N4O2S. The molecule has 2 rings (SSSR count). The minimum absolute atomic E-state index is 0.113. The number of halogens is 3. The van der Waals surface area contributed by atoms with Gasteiger partial charge in [0.05, 0.1) is 18.7 Å². The molecule has 1 aliphatic heterocycles. The van der Waals surface area contributed by atoms with Gasteiger partial charge in [-0.1, -0.05) is 0 Å². The van der Waals surface area contributed by atoms with Crippen LogP contribution in [0, 0.1) is 18.3 Å². The van der Waals surface area contributed by atoms with Gasteiger partial charge in [0.2, 0.25) is 0 Å². The van der Waals surface area contributed by atoms with Crippen molar-refractivity contribution in [3.05, 3.63) is 18.0 Å². The van der Waals surface area contributed by atoms with E-state index in [-0.39, 0.29) is 6.42 Å². The van der Waals surface area contributed by atoms with Crippen LogP contribution in [0.4, 0.5) is 13.2 Å². The van der Waals surface area contributed by atoms with Crippen molar-refractivity contribution < 1.29 is 21.6 Å². The maximum atomic E-state index is 12.4. The van der Waals surface area contributed by atoms with E-state index in [9.17, 15) is 21.6 Å². The maximum Gasteiger partial charge on any atom is 0.511 e. The van der Waals surface area contributed by atoms with Gasteiger partial charge in [0.15, 0.2) is 0 Å². The number of nitriles is 1. The molecule has 6 nitrogen and oxygen atoms in total. The van der Waals surface area contributed by atoms with Crippen LogP contribution in [-0.2, 0) is 15.6 Å². The Morgan fingerprint density at radius 3 is 2.50 bits per heavy atom. The fourth-order valence-electron chi connectivity index (χ4n) is 2.08. The number of nitrogens with zero attached hydrogens (tertiary/aromatic N) is 4. The van der Waals surface area contributed by atoms with Crippen LogP contribution in [-0.4, -0.2) is 41.1 Å². The van der Waals surface area contributed by atoms with Gasteiger partial charge in [0, 0.05) is 19.3 Å². The summed E-state index contributed by atoms with van der Waals surface area (Å²) in [5.74, 6) is 0. The lowest BCUT2D eigenvalue weighted by Gasteiger charge is -2.47. The zero-order chi connectivity index (χ0) is 15.2. The van der Waals surface area contributed by atoms with E-state index in [0.717, 1.165) is 5.56 Å². The quantitative estimate of drug-likeness (QED) is 0.833. The van der Waals surface area contributed by atoms with Gasteiger partial charge in [0.1, 0.15) is 5.54 Å². The number of sulfonamides is 1. The van der Waals surface area contributed by atoms with Crippen LogP contribution in [0.5, 0.6) is 0 Å². The predicted molar refractivity (Wildman–Crippen MR) is 61.7 cm³/mol. The normalized spacial score (nSPS) is 19.4.